The molecule has 1 heterocycles. The van der Waals surface area contributed by atoms with Gasteiger partial charge in [0.05, 0.1) is 20.1 Å². The normalized spacial score (nSPS) is 18.3. The maximum Gasteiger partial charge on any atom is 0.328 e. The average molecular weight is 318 g/mol. The number of esters is 1. The van der Waals surface area contributed by atoms with Gasteiger partial charge < -0.3 is 15.0 Å². The number of β-lactam (4-membered cyclic amide) rings is 1. The van der Waals surface area contributed by atoms with E-state index in [-0.39, 0.29) is 24.2 Å². The molecule has 124 valence electrons. The zero-order valence-corrected chi connectivity index (χ0v) is 13.6. The summed E-state index contributed by atoms with van der Waals surface area (Å²) in [6.07, 6.45) is 0.231. The molecular weight excluding hydrogens is 296 g/mol. The second-order valence-corrected chi connectivity index (χ2v) is 5.99. The molecule has 0 radical (unpaired) electrons. The topological polar surface area (TPSA) is 75.7 Å². The zero-order valence-electron chi connectivity index (χ0n) is 13.6. The van der Waals surface area contributed by atoms with Crippen LogP contribution in [-0.2, 0) is 25.5 Å². The number of carbonyl (C=O) groups excluding carboxylic acids is 3. The summed E-state index contributed by atoms with van der Waals surface area (Å²) in [6.45, 7) is 4.05. The van der Waals surface area contributed by atoms with E-state index in [1.54, 1.807) is 0 Å². The number of benzene rings is 1. The Morgan fingerprint density at radius 3 is 2.48 bits per heavy atom. The number of ether oxygens (including phenoxy) is 1. The van der Waals surface area contributed by atoms with Crippen molar-refractivity contribution in [2.75, 3.05) is 13.7 Å². The highest BCUT2D eigenvalue weighted by Crippen LogP contribution is 2.21. The first-order valence-electron chi connectivity index (χ1n) is 7.65. The number of methoxy groups -OCH3 is 1. The molecule has 1 aromatic carbocycles. The van der Waals surface area contributed by atoms with Gasteiger partial charge in [0.2, 0.25) is 11.8 Å². The first-order valence-corrected chi connectivity index (χ1v) is 7.65. The lowest BCUT2D eigenvalue weighted by Crippen LogP contribution is -2.68. The van der Waals surface area contributed by atoms with Gasteiger partial charge in [0.15, 0.2) is 0 Å². The molecule has 1 aliphatic heterocycles. The van der Waals surface area contributed by atoms with Gasteiger partial charge in [0.1, 0.15) is 12.1 Å². The fraction of sp³-hybridized carbons (Fsp3) is 0.471. The zero-order chi connectivity index (χ0) is 17.0. The van der Waals surface area contributed by atoms with E-state index in [4.69, 9.17) is 4.74 Å². The minimum Gasteiger partial charge on any atom is -0.467 e. The molecule has 1 aromatic rings. The number of nitrogens with zero attached hydrogens (tertiary/aromatic N) is 1. The second kappa shape index (κ2) is 7.26. The minimum absolute atomic E-state index is 0.0487. The summed E-state index contributed by atoms with van der Waals surface area (Å²) in [5.74, 6) is -0.918. The summed E-state index contributed by atoms with van der Waals surface area (Å²) >= 11 is 0. The number of hydrogen-bond acceptors (Lipinski definition) is 4. The highest BCUT2D eigenvalue weighted by atomic mass is 16.5. The van der Waals surface area contributed by atoms with Crippen molar-refractivity contribution in [1.82, 2.24) is 10.2 Å². The van der Waals surface area contributed by atoms with Crippen LogP contribution >= 0.6 is 0 Å². The van der Waals surface area contributed by atoms with Crippen molar-refractivity contribution in [1.29, 1.82) is 0 Å². The molecule has 0 bridgehead atoms. The van der Waals surface area contributed by atoms with E-state index in [0.717, 1.165) is 5.56 Å². The SMILES string of the molecule is COC(=O)C(C(C)C)N1CC(NC(=O)Cc2ccccc2)C1=O. The third-order valence-electron chi connectivity index (χ3n) is 3.91. The van der Waals surface area contributed by atoms with Crippen LogP contribution in [0.25, 0.3) is 0 Å². The molecule has 23 heavy (non-hydrogen) atoms. The molecular formula is C17H22N2O4. The van der Waals surface area contributed by atoms with E-state index in [1.807, 2.05) is 44.2 Å². The van der Waals surface area contributed by atoms with Gasteiger partial charge in [-0.3, -0.25) is 9.59 Å². The fourth-order valence-electron chi connectivity index (χ4n) is 2.72. The molecule has 2 atom stereocenters. The van der Waals surface area contributed by atoms with E-state index in [9.17, 15) is 14.4 Å². The lowest BCUT2D eigenvalue weighted by molar-refractivity contribution is -0.163. The summed E-state index contributed by atoms with van der Waals surface area (Å²) in [5, 5.41) is 2.71. The molecule has 0 aromatic heterocycles. The first-order chi connectivity index (χ1) is 10.9. The Hall–Kier alpha value is -2.37. The van der Waals surface area contributed by atoms with Crippen molar-refractivity contribution < 1.29 is 19.1 Å². The molecule has 2 unspecified atom stereocenters. The van der Waals surface area contributed by atoms with Gasteiger partial charge in [0.25, 0.3) is 0 Å². The molecule has 1 aliphatic rings. The van der Waals surface area contributed by atoms with E-state index in [0.29, 0.717) is 6.54 Å². The summed E-state index contributed by atoms with van der Waals surface area (Å²) in [7, 11) is 1.31. The van der Waals surface area contributed by atoms with E-state index in [2.05, 4.69) is 5.32 Å². The molecule has 1 fully saturated rings. The van der Waals surface area contributed by atoms with E-state index >= 15 is 0 Å². The Balaban J connectivity index is 1.89. The Morgan fingerprint density at radius 1 is 1.30 bits per heavy atom. The third kappa shape index (κ3) is 3.88. The highest BCUT2D eigenvalue weighted by molar-refractivity contribution is 5.95. The molecule has 0 spiro atoms. The van der Waals surface area contributed by atoms with Crippen LogP contribution in [0.2, 0.25) is 0 Å². The molecule has 0 saturated carbocycles. The monoisotopic (exact) mass is 318 g/mol. The molecule has 2 rings (SSSR count). The van der Waals surface area contributed by atoms with Crippen molar-refractivity contribution in [3.63, 3.8) is 0 Å². The van der Waals surface area contributed by atoms with Crippen LogP contribution in [0.15, 0.2) is 30.3 Å². The van der Waals surface area contributed by atoms with Crippen molar-refractivity contribution in [2.45, 2.75) is 32.4 Å². The average Bonchev–Trinajstić information content (AvgIpc) is 2.53. The van der Waals surface area contributed by atoms with Crippen LogP contribution in [0.1, 0.15) is 19.4 Å². The Bertz CT molecular complexity index is 586. The molecule has 0 aliphatic carbocycles. The predicted octanol–water partition coefficient (Wildman–Crippen LogP) is 0.754. The largest absolute Gasteiger partial charge is 0.467 e. The fourth-order valence-corrected chi connectivity index (χ4v) is 2.72. The maximum absolute atomic E-state index is 12.2. The van der Waals surface area contributed by atoms with Crippen LogP contribution in [0.3, 0.4) is 0 Å². The lowest BCUT2D eigenvalue weighted by Gasteiger charge is -2.43. The van der Waals surface area contributed by atoms with Gasteiger partial charge in [-0.25, -0.2) is 4.79 Å². The van der Waals surface area contributed by atoms with E-state index < -0.39 is 18.1 Å². The van der Waals surface area contributed by atoms with Crippen LogP contribution in [0, 0.1) is 5.92 Å². The van der Waals surface area contributed by atoms with Crippen molar-refractivity contribution >= 4 is 17.8 Å². The standard InChI is InChI=1S/C17H22N2O4/c1-11(2)15(17(22)23-3)19-10-13(16(19)21)18-14(20)9-12-7-5-4-6-8-12/h4-8,11,13,15H,9-10H2,1-3H3,(H,18,20). The molecule has 1 N–H and O–H groups in total. The van der Waals surface area contributed by atoms with Crippen LogP contribution < -0.4 is 5.32 Å². The Kier molecular flexibility index (Phi) is 5.36. The quantitative estimate of drug-likeness (QED) is 0.620. The highest BCUT2D eigenvalue weighted by Gasteiger charge is 2.45. The van der Waals surface area contributed by atoms with Crippen molar-refractivity contribution in [2.24, 2.45) is 5.92 Å². The Labute approximate surface area is 135 Å². The smallest absolute Gasteiger partial charge is 0.328 e. The van der Waals surface area contributed by atoms with Gasteiger partial charge in [-0.05, 0) is 11.5 Å². The molecule has 6 nitrogen and oxygen atoms in total. The predicted molar refractivity (Wildman–Crippen MR) is 84.4 cm³/mol. The third-order valence-corrected chi connectivity index (χ3v) is 3.91. The number of rotatable bonds is 6. The molecule has 1 saturated heterocycles. The minimum atomic E-state index is -0.602. The van der Waals surface area contributed by atoms with Crippen molar-refractivity contribution in [3.05, 3.63) is 35.9 Å². The number of nitrogens with one attached hydrogen (secondary N) is 1. The number of amides is 2. The van der Waals surface area contributed by atoms with Crippen molar-refractivity contribution in [3.8, 4) is 0 Å². The molecule has 6 heteroatoms. The van der Waals surface area contributed by atoms with Gasteiger partial charge in [-0.15, -0.1) is 0 Å². The van der Waals surface area contributed by atoms with Gasteiger partial charge in [-0.1, -0.05) is 44.2 Å². The van der Waals surface area contributed by atoms with Crippen LogP contribution in [0.5, 0.6) is 0 Å². The van der Waals surface area contributed by atoms with Gasteiger partial charge >= 0.3 is 5.97 Å². The number of carbonyl (C=O) groups is 3. The first kappa shape index (κ1) is 17.0. The second-order valence-electron chi connectivity index (χ2n) is 5.99. The van der Waals surface area contributed by atoms with Crippen LogP contribution in [0.4, 0.5) is 0 Å². The van der Waals surface area contributed by atoms with Crippen LogP contribution in [-0.4, -0.2) is 48.4 Å². The summed E-state index contributed by atoms with van der Waals surface area (Å²) in [4.78, 5) is 37.5. The summed E-state index contributed by atoms with van der Waals surface area (Å²) in [6, 6.07) is 8.17. The van der Waals surface area contributed by atoms with Gasteiger partial charge in [-0.2, -0.15) is 0 Å². The lowest BCUT2D eigenvalue weighted by atomic mass is 9.96. The number of likely N-dealkylation sites (tertiary alicyclic amines) is 1. The Morgan fingerprint density at radius 2 is 1.96 bits per heavy atom. The molecule has 2 amide bonds. The maximum atomic E-state index is 12.2. The van der Waals surface area contributed by atoms with Gasteiger partial charge in [0, 0.05) is 0 Å². The summed E-state index contributed by atoms with van der Waals surface area (Å²) in [5.41, 5.74) is 0.892. The number of hydrogen-bond donors (Lipinski definition) is 1. The van der Waals surface area contributed by atoms with E-state index in [1.165, 1.54) is 12.0 Å². The summed E-state index contributed by atoms with van der Waals surface area (Å²) < 4.78 is 4.75.